The van der Waals surface area contributed by atoms with E-state index in [0.29, 0.717) is 0 Å². The number of nitrogens with two attached hydrogens (primary N) is 1. The molecule has 11 heavy (non-hydrogen) atoms. The molecule has 0 aliphatic heterocycles. The van der Waals surface area contributed by atoms with E-state index in [0.717, 1.165) is 10.5 Å². The summed E-state index contributed by atoms with van der Waals surface area (Å²) >= 11 is 6.18. The molecule has 1 aromatic rings. The van der Waals surface area contributed by atoms with Gasteiger partial charge in [0, 0.05) is 18.1 Å². The lowest BCUT2D eigenvalue weighted by Crippen LogP contribution is -2.17. The zero-order valence-electron chi connectivity index (χ0n) is 6.37. The lowest BCUT2D eigenvalue weighted by Gasteiger charge is -1.92. The van der Waals surface area contributed by atoms with Gasteiger partial charge < -0.3 is 10.3 Å². The maximum Gasteiger partial charge on any atom is 0.192 e. The highest BCUT2D eigenvalue weighted by atomic mass is 32.1. The topological polar surface area (TPSA) is 43.3 Å². The van der Waals surface area contributed by atoms with Crippen molar-refractivity contribution >= 4 is 28.7 Å². The fraction of sp³-hybridized carbons (Fsp3) is 0.333. The molecule has 5 heteroatoms. The van der Waals surface area contributed by atoms with E-state index >= 15 is 0 Å². The zero-order chi connectivity index (χ0) is 8.43. The number of hydrogen-bond acceptors (Lipinski definition) is 2. The minimum Gasteiger partial charge on any atom is -0.374 e. The number of aryl methyl sites for hydroxylation is 1. The Morgan fingerprint density at radius 2 is 2.45 bits per heavy atom. The Kier molecular flexibility index (Phi) is 2.41. The Morgan fingerprint density at radius 1 is 1.82 bits per heavy atom. The summed E-state index contributed by atoms with van der Waals surface area (Å²) in [6.45, 7) is 2.01. The lowest BCUT2D eigenvalue weighted by atomic mass is 10.6. The van der Waals surface area contributed by atoms with E-state index in [9.17, 15) is 0 Å². The summed E-state index contributed by atoms with van der Waals surface area (Å²) in [5.74, 6) is 0. The van der Waals surface area contributed by atoms with Crippen LogP contribution in [0.4, 0.5) is 0 Å². The van der Waals surface area contributed by atoms with E-state index < -0.39 is 0 Å². The number of hydrogen-bond donors (Lipinski definition) is 1. The third kappa shape index (κ3) is 1.87. The van der Waals surface area contributed by atoms with Gasteiger partial charge in [-0.15, -0.1) is 11.3 Å². The third-order valence-corrected chi connectivity index (χ3v) is 2.48. The van der Waals surface area contributed by atoms with Crippen LogP contribution in [0.2, 0.25) is 0 Å². The Balaban J connectivity index is 3.25. The molecule has 0 aliphatic rings. The smallest absolute Gasteiger partial charge is 0.192 e. The van der Waals surface area contributed by atoms with Crippen LogP contribution in [0, 0.1) is 6.92 Å². The van der Waals surface area contributed by atoms with Crippen LogP contribution in [0.25, 0.3) is 0 Å². The van der Waals surface area contributed by atoms with Crippen molar-refractivity contribution in [1.29, 1.82) is 0 Å². The fourth-order valence-corrected chi connectivity index (χ4v) is 1.67. The summed E-state index contributed by atoms with van der Waals surface area (Å²) in [4.78, 5) is 4.81. The molecular weight excluding hydrogens is 178 g/mol. The van der Waals surface area contributed by atoms with Crippen molar-refractivity contribution < 1.29 is 0 Å². The van der Waals surface area contributed by atoms with Gasteiger partial charge in [0.2, 0.25) is 0 Å². The average Bonchev–Trinajstić information content (AvgIpc) is 2.18. The number of thiocarbonyl (C=S) groups is 1. The van der Waals surface area contributed by atoms with Crippen LogP contribution in [0.5, 0.6) is 0 Å². The minimum atomic E-state index is 0.183. The highest BCUT2D eigenvalue weighted by Gasteiger charge is 1.93. The third-order valence-electron chi connectivity index (χ3n) is 1.36. The quantitative estimate of drug-likeness (QED) is 0.602. The standard InChI is InChI=1S/C6H9N3S2/c1-4-3-11-6(9(4)2)8-5(7)10/h3H,1-2H3,(H2,7,10)/b8-6+. The van der Waals surface area contributed by atoms with Gasteiger partial charge >= 0.3 is 0 Å². The van der Waals surface area contributed by atoms with Crippen LogP contribution in [0.3, 0.4) is 0 Å². The first kappa shape index (κ1) is 8.42. The predicted octanol–water partition coefficient (Wildman–Crippen LogP) is 0.539. The maximum atomic E-state index is 5.26. The largest absolute Gasteiger partial charge is 0.374 e. The van der Waals surface area contributed by atoms with Crippen molar-refractivity contribution in [2.24, 2.45) is 17.8 Å². The molecule has 1 aromatic heterocycles. The molecule has 0 aliphatic carbocycles. The average molecular weight is 187 g/mol. The molecule has 0 bridgehead atoms. The Morgan fingerprint density at radius 3 is 2.82 bits per heavy atom. The van der Waals surface area contributed by atoms with Crippen LogP contribution >= 0.6 is 23.6 Å². The van der Waals surface area contributed by atoms with E-state index in [-0.39, 0.29) is 5.11 Å². The molecule has 0 unspecified atom stereocenters. The van der Waals surface area contributed by atoms with Gasteiger partial charge in [-0.1, -0.05) is 0 Å². The molecule has 0 saturated heterocycles. The number of aromatic nitrogens is 1. The van der Waals surface area contributed by atoms with Crippen molar-refractivity contribution in [3.05, 3.63) is 15.9 Å². The summed E-state index contributed by atoms with van der Waals surface area (Å²) < 4.78 is 1.95. The molecule has 0 amide bonds. The van der Waals surface area contributed by atoms with E-state index in [1.165, 1.54) is 11.3 Å². The number of rotatable bonds is 0. The second-order valence-corrected chi connectivity index (χ2v) is 3.42. The van der Waals surface area contributed by atoms with Gasteiger partial charge in [-0.05, 0) is 19.1 Å². The van der Waals surface area contributed by atoms with Gasteiger partial charge in [-0.2, -0.15) is 4.99 Å². The van der Waals surface area contributed by atoms with Crippen LogP contribution in [-0.2, 0) is 7.05 Å². The Labute approximate surface area is 74.2 Å². The van der Waals surface area contributed by atoms with E-state index in [2.05, 4.69) is 17.2 Å². The van der Waals surface area contributed by atoms with Crippen molar-refractivity contribution in [3.8, 4) is 0 Å². The number of thiazole rings is 1. The molecule has 0 radical (unpaired) electrons. The Bertz CT molecular complexity index is 334. The Hall–Kier alpha value is -0.680. The second-order valence-electron chi connectivity index (χ2n) is 2.17. The predicted molar refractivity (Wildman–Crippen MR) is 50.4 cm³/mol. The summed E-state index contributed by atoms with van der Waals surface area (Å²) in [6.07, 6.45) is 0. The van der Waals surface area contributed by atoms with Gasteiger partial charge in [-0.25, -0.2) is 0 Å². The lowest BCUT2D eigenvalue weighted by molar-refractivity contribution is 0.838. The van der Waals surface area contributed by atoms with Crippen molar-refractivity contribution in [1.82, 2.24) is 4.57 Å². The molecule has 0 spiro atoms. The molecule has 60 valence electrons. The van der Waals surface area contributed by atoms with Gasteiger partial charge in [0.1, 0.15) is 0 Å². The van der Waals surface area contributed by atoms with Gasteiger partial charge in [0.05, 0.1) is 0 Å². The second kappa shape index (κ2) is 3.15. The maximum absolute atomic E-state index is 5.26. The zero-order valence-corrected chi connectivity index (χ0v) is 8.00. The first-order valence-corrected chi connectivity index (χ1v) is 4.35. The molecule has 0 saturated carbocycles. The van der Waals surface area contributed by atoms with Gasteiger partial charge in [-0.3, -0.25) is 0 Å². The van der Waals surface area contributed by atoms with E-state index in [1.807, 2.05) is 23.9 Å². The normalized spacial score (nSPS) is 12.0. The molecule has 0 aromatic carbocycles. The minimum absolute atomic E-state index is 0.183. The van der Waals surface area contributed by atoms with Gasteiger partial charge in [0.15, 0.2) is 9.91 Å². The summed E-state index contributed by atoms with van der Waals surface area (Å²) in [5, 5.41) is 2.19. The molecule has 3 nitrogen and oxygen atoms in total. The van der Waals surface area contributed by atoms with Crippen LogP contribution in [0.15, 0.2) is 10.4 Å². The first-order chi connectivity index (χ1) is 5.11. The monoisotopic (exact) mass is 187 g/mol. The summed E-state index contributed by atoms with van der Waals surface area (Å²) in [6, 6.07) is 0. The van der Waals surface area contributed by atoms with Gasteiger partial charge in [0.25, 0.3) is 0 Å². The summed E-state index contributed by atoms with van der Waals surface area (Å²) in [5.41, 5.74) is 6.42. The SMILES string of the molecule is Cc1cs/c(=N/C(N)=S)n1C. The molecule has 2 N–H and O–H groups in total. The molecular formula is C6H9N3S2. The van der Waals surface area contributed by atoms with E-state index in [1.54, 1.807) is 0 Å². The van der Waals surface area contributed by atoms with Crippen molar-refractivity contribution in [2.75, 3.05) is 0 Å². The summed E-state index contributed by atoms with van der Waals surface area (Å²) in [7, 11) is 1.93. The molecule has 1 heterocycles. The van der Waals surface area contributed by atoms with E-state index in [4.69, 9.17) is 5.73 Å². The molecule has 1 rings (SSSR count). The fourth-order valence-electron chi connectivity index (χ4n) is 0.643. The highest BCUT2D eigenvalue weighted by Crippen LogP contribution is 1.95. The molecule has 0 atom stereocenters. The molecule has 0 fully saturated rings. The van der Waals surface area contributed by atoms with Crippen molar-refractivity contribution in [2.45, 2.75) is 6.92 Å². The van der Waals surface area contributed by atoms with Crippen molar-refractivity contribution in [3.63, 3.8) is 0 Å². The highest BCUT2D eigenvalue weighted by molar-refractivity contribution is 7.80. The van der Waals surface area contributed by atoms with Crippen LogP contribution < -0.4 is 10.5 Å². The van der Waals surface area contributed by atoms with Crippen LogP contribution in [0.1, 0.15) is 5.69 Å². The first-order valence-electron chi connectivity index (χ1n) is 3.06. The van der Waals surface area contributed by atoms with Crippen LogP contribution in [-0.4, -0.2) is 9.68 Å². The number of nitrogens with zero attached hydrogens (tertiary/aromatic N) is 2.